The number of hydroxylamine groups is 1. The zero-order valence-electron chi connectivity index (χ0n) is 9.71. The van der Waals surface area contributed by atoms with Crippen molar-refractivity contribution in [1.82, 2.24) is 5.48 Å². The van der Waals surface area contributed by atoms with Crippen LogP contribution >= 0.6 is 0 Å². The van der Waals surface area contributed by atoms with Crippen molar-refractivity contribution in [3.05, 3.63) is 66.2 Å². The Morgan fingerprint density at radius 3 is 2.17 bits per heavy atom. The fourth-order valence-electron chi connectivity index (χ4n) is 1.63. The van der Waals surface area contributed by atoms with Crippen LogP contribution in [-0.4, -0.2) is 11.1 Å². The van der Waals surface area contributed by atoms with Crippen molar-refractivity contribution in [1.29, 1.82) is 0 Å². The Morgan fingerprint density at radius 2 is 1.56 bits per heavy atom. The van der Waals surface area contributed by atoms with Gasteiger partial charge in [0.1, 0.15) is 0 Å². The van der Waals surface area contributed by atoms with Gasteiger partial charge in [0.2, 0.25) is 0 Å². The highest BCUT2D eigenvalue weighted by atomic mass is 16.5. The second-order valence-electron chi connectivity index (χ2n) is 3.80. The van der Waals surface area contributed by atoms with Crippen molar-refractivity contribution in [3.63, 3.8) is 0 Å². The number of benzene rings is 2. The minimum Gasteiger partial charge on any atom is -0.288 e. The molecule has 1 amide bonds. The van der Waals surface area contributed by atoms with Gasteiger partial charge in [0.05, 0.1) is 0 Å². The molecule has 2 aromatic rings. The molecule has 2 rings (SSSR count). The van der Waals surface area contributed by atoms with Crippen LogP contribution < -0.4 is 5.48 Å². The van der Waals surface area contributed by atoms with Crippen molar-refractivity contribution in [2.24, 2.45) is 0 Å². The maximum Gasteiger partial charge on any atom is 0.267 e. The summed E-state index contributed by atoms with van der Waals surface area (Å²) in [5.74, 6) is -0.540. The largest absolute Gasteiger partial charge is 0.288 e. The lowest BCUT2D eigenvalue weighted by Gasteiger charge is -2.01. The summed E-state index contributed by atoms with van der Waals surface area (Å²) in [6, 6.07) is 17.9. The van der Waals surface area contributed by atoms with Crippen LogP contribution in [0.15, 0.2) is 60.7 Å². The van der Waals surface area contributed by atoms with Crippen LogP contribution in [0.3, 0.4) is 0 Å². The molecule has 0 aliphatic carbocycles. The van der Waals surface area contributed by atoms with E-state index in [2.05, 4.69) is 0 Å². The zero-order valence-corrected chi connectivity index (χ0v) is 9.71. The van der Waals surface area contributed by atoms with Gasteiger partial charge in [0.15, 0.2) is 0 Å². The Kier molecular flexibility index (Phi) is 3.89. The first kappa shape index (κ1) is 12.1. The average molecular weight is 239 g/mol. The van der Waals surface area contributed by atoms with Crippen LogP contribution in [-0.2, 0) is 4.79 Å². The van der Waals surface area contributed by atoms with E-state index < -0.39 is 5.91 Å². The molecule has 0 aromatic heterocycles. The maximum absolute atomic E-state index is 10.8. The summed E-state index contributed by atoms with van der Waals surface area (Å²) in [6.45, 7) is 0. The van der Waals surface area contributed by atoms with Gasteiger partial charge in [-0.1, -0.05) is 54.6 Å². The summed E-state index contributed by atoms with van der Waals surface area (Å²) in [5, 5.41) is 8.35. The van der Waals surface area contributed by atoms with Crippen LogP contribution in [0.4, 0.5) is 0 Å². The van der Waals surface area contributed by atoms with E-state index in [-0.39, 0.29) is 0 Å². The standard InChI is InChI=1S/C15H13NO2/c17-15(16-18)11-8-12-6-9-14(10-7-12)13-4-2-1-3-5-13/h1-11,18H,(H,16,17). The maximum atomic E-state index is 10.8. The van der Waals surface area contributed by atoms with Crippen LogP contribution in [0.1, 0.15) is 5.56 Å². The molecule has 0 saturated heterocycles. The van der Waals surface area contributed by atoms with Crippen LogP contribution in [0, 0.1) is 0 Å². The van der Waals surface area contributed by atoms with Crippen molar-refractivity contribution < 1.29 is 10.0 Å². The van der Waals surface area contributed by atoms with Gasteiger partial charge in [-0.25, -0.2) is 5.48 Å². The van der Waals surface area contributed by atoms with E-state index in [9.17, 15) is 4.79 Å². The normalized spacial score (nSPS) is 10.5. The predicted octanol–water partition coefficient (Wildman–Crippen LogP) is 2.87. The van der Waals surface area contributed by atoms with Crippen LogP contribution in [0.5, 0.6) is 0 Å². The van der Waals surface area contributed by atoms with Gasteiger partial charge in [-0.05, 0) is 22.8 Å². The van der Waals surface area contributed by atoms with Gasteiger partial charge in [-0.3, -0.25) is 10.0 Å². The van der Waals surface area contributed by atoms with Gasteiger partial charge in [0, 0.05) is 6.08 Å². The van der Waals surface area contributed by atoms with Gasteiger partial charge in [0.25, 0.3) is 5.91 Å². The summed E-state index contributed by atoms with van der Waals surface area (Å²) in [5.41, 5.74) is 4.73. The molecule has 2 aromatic carbocycles. The molecular weight excluding hydrogens is 226 g/mol. The first-order valence-electron chi connectivity index (χ1n) is 5.57. The number of rotatable bonds is 3. The number of hydrogen-bond donors (Lipinski definition) is 2. The molecule has 0 aliphatic heterocycles. The second kappa shape index (κ2) is 5.80. The fraction of sp³-hybridized carbons (Fsp3) is 0. The molecule has 2 N–H and O–H groups in total. The van der Waals surface area contributed by atoms with E-state index in [0.29, 0.717) is 0 Å². The molecule has 0 heterocycles. The van der Waals surface area contributed by atoms with E-state index >= 15 is 0 Å². The predicted molar refractivity (Wildman–Crippen MR) is 70.8 cm³/mol. The number of hydrogen-bond acceptors (Lipinski definition) is 2. The van der Waals surface area contributed by atoms with Crippen LogP contribution in [0.2, 0.25) is 0 Å². The van der Waals surface area contributed by atoms with Crippen molar-refractivity contribution in [2.75, 3.05) is 0 Å². The highest BCUT2D eigenvalue weighted by molar-refractivity contribution is 5.90. The third kappa shape index (κ3) is 3.06. The van der Waals surface area contributed by atoms with Gasteiger partial charge in [-0.15, -0.1) is 0 Å². The molecule has 0 fully saturated rings. The monoisotopic (exact) mass is 239 g/mol. The minimum absolute atomic E-state index is 0.540. The molecule has 0 radical (unpaired) electrons. The van der Waals surface area contributed by atoms with Crippen molar-refractivity contribution >= 4 is 12.0 Å². The van der Waals surface area contributed by atoms with Gasteiger partial charge in [-0.2, -0.15) is 0 Å². The van der Waals surface area contributed by atoms with Gasteiger partial charge >= 0.3 is 0 Å². The van der Waals surface area contributed by atoms with Crippen molar-refractivity contribution in [3.8, 4) is 11.1 Å². The lowest BCUT2D eigenvalue weighted by Crippen LogP contribution is -2.14. The van der Waals surface area contributed by atoms with E-state index in [1.54, 1.807) is 11.6 Å². The molecule has 3 nitrogen and oxygen atoms in total. The number of carbonyl (C=O) groups excluding carboxylic acids is 1. The Balaban J connectivity index is 2.16. The first-order valence-corrected chi connectivity index (χ1v) is 5.57. The lowest BCUT2D eigenvalue weighted by atomic mass is 10.0. The highest BCUT2D eigenvalue weighted by Crippen LogP contribution is 2.19. The van der Waals surface area contributed by atoms with Crippen LogP contribution in [0.25, 0.3) is 17.2 Å². The molecule has 0 bridgehead atoms. The molecule has 0 saturated carbocycles. The topological polar surface area (TPSA) is 49.3 Å². The quantitative estimate of drug-likeness (QED) is 0.491. The molecule has 90 valence electrons. The van der Waals surface area contributed by atoms with Gasteiger partial charge < -0.3 is 0 Å². The second-order valence-corrected chi connectivity index (χ2v) is 3.80. The number of carbonyl (C=O) groups is 1. The molecule has 0 atom stereocenters. The third-order valence-corrected chi connectivity index (χ3v) is 2.56. The summed E-state index contributed by atoms with van der Waals surface area (Å²) in [7, 11) is 0. The van der Waals surface area contributed by atoms with E-state index in [1.807, 2.05) is 54.6 Å². The molecular formula is C15H13NO2. The Labute approximate surface area is 105 Å². The first-order chi connectivity index (χ1) is 8.79. The van der Waals surface area contributed by atoms with E-state index in [4.69, 9.17) is 5.21 Å². The number of amides is 1. The molecule has 0 spiro atoms. The minimum atomic E-state index is -0.540. The summed E-state index contributed by atoms with van der Waals surface area (Å²) >= 11 is 0. The molecule has 3 heteroatoms. The van der Waals surface area contributed by atoms with Crippen molar-refractivity contribution in [2.45, 2.75) is 0 Å². The van der Waals surface area contributed by atoms with E-state index in [0.717, 1.165) is 16.7 Å². The van der Waals surface area contributed by atoms with E-state index in [1.165, 1.54) is 6.08 Å². The Morgan fingerprint density at radius 1 is 0.944 bits per heavy atom. The Bertz CT molecular complexity index is 544. The molecule has 0 unspecified atom stereocenters. The summed E-state index contributed by atoms with van der Waals surface area (Å²) in [4.78, 5) is 10.8. The SMILES string of the molecule is O=C(C=Cc1ccc(-c2ccccc2)cc1)NO. The highest BCUT2D eigenvalue weighted by Gasteiger charge is 1.96. The zero-order chi connectivity index (χ0) is 12.8. The molecule has 18 heavy (non-hydrogen) atoms. The lowest BCUT2D eigenvalue weighted by molar-refractivity contribution is -0.124. The number of nitrogens with one attached hydrogen (secondary N) is 1. The summed E-state index contributed by atoms with van der Waals surface area (Å²) < 4.78 is 0. The summed E-state index contributed by atoms with van der Waals surface area (Å²) in [6.07, 6.45) is 2.91. The third-order valence-electron chi connectivity index (χ3n) is 2.56. The molecule has 0 aliphatic rings. The smallest absolute Gasteiger partial charge is 0.267 e. The Hall–Kier alpha value is -2.39. The fourth-order valence-corrected chi connectivity index (χ4v) is 1.63. The average Bonchev–Trinajstić information content (AvgIpc) is 2.46.